The first-order chi connectivity index (χ1) is 17.0. The molecule has 4 rings (SSSR count). The Labute approximate surface area is 202 Å². The lowest BCUT2D eigenvalue weighted by atomic mass is 9.81. The van der Waals surface area contributed by atoms with Crippen molar-refractivity contribution in [2.24, 2.45) is 0 Å². The van der Waals surface area contributed by atoms with Crippen molar-refractivity contribution >= 4 is 18.0 Å². The average Bonchev–Trinajstić information content (AvgIpc) is 2.84. The minimum Gasteiger partial charge on any atom is -0.491 e. The molecule has 186 valence electrons. The van der Waals surface area contributed by atoms with Crippen molar-refractivity contribution < 1.29 is 41.7 Å². The van der Waals surface area contributed by atoms with E-state index in [2.05, 4.69) is 21.6 Å². The number of hydrogen-bond acceptors (Lipinski definition) is 5. The van der Waals surface area contributed by atoms with E-state index in [1.807, 2.05) is 0 Å². The quantitative estimate of drug-likeness (QED) is 0.465. The van der Waals surface area contributed by atoms with E-state index in [1.54, 1.807) is 12.1 Å². The summed E-state index contributed by atoms with van der Waals surface area (Å²) in [6.07, 6.45) is -2.30. The molecule has 1 aliphatic rings. The smallest absolute Gasteiger partial charge is 0.491 e. The summed E-state index contributed by atoms with van der Waals surface area (Å²) >= 11 is 0. The number of fused-ring (bicyclic) bond motifs is 1. The Kier molecular flexibility index (Phi) is 6.40. The second-order valence-corrected chi connectivity index (χ2v) is 7.81. The Morgan fingerprint density at radius 2 is 1.97 bits per heavy atom. The van der Waals surface area contributed by atoms with E-state index in [0.29, 0.717) is 5.75 Å². The van der Waals surface area contributed by atoms with Crippen molar-refractivity contribution in [3.8, 4) is 11.5 Å². The largest absolute Gasteiger partial charge is 0.573 e. The van der Waals surface area contributed by atoms with Gasteiger partial charge in [0.05, 0.1) is 12.2 Å². The summed E-state index contributed by atoms with van der Waals surface area (Å²) in [4.78, 5) is 29.1. The number of nitrogens with one attached hydrogen (secondary N) is 1. The SMILES string of the molecule is C=Cc1cc(C(=O)N[C@]2(c3ccc(OC(F)(F)F)c(F)c3)CCOc3cccnc32)ccc1C(=O)O. The summed E-state index contributed by atoms with van der Waals surface area (Å²) in [5.74, 6) is -3.88. The molecule has 0 bridgehead atoms. The summed E-state index contributed by atoms with van der Waals surface area (Å²) in [5, 5.41) is 12.1. The lowest BCUT2D eigenvalue weighted by Gasteiger charge is -2.39. The van der Waals surface area contributed by atoms with Crippen molar-refractivity contribution in [1.82, 2.24) is 10.3 Å². The van der Waals surface area contributed by atoms with Crippen LogP contribution in [0.4, 0.5) is 17.6 Å². The third-order valence-electron chi connectivity index (χ3n) is 5.65. The number of carbonyl (C=O) groups excluding carboxylic acids is 1. The van der Waals surface area contributed by atoms with E-state index >= 15 is 0 Å². The number of aromatic carboxylic acids is 1. The van der Waals surface area contributed by atoms with Crippen LogP contribution in [0.15, 0.2) is 61.3 Å². The van der Waals surface area contributed by atoms with Gasteiger partial charge in [-0.15, -0.1) is 13.2 Å². The van der Waals surface area contributed by atoms with Crippen molar-refractivity contribution in [3.05, 3.63) is 95.1 Å². The number of carboxylic acid groups (broad SMARTS) is 1. The van der Waals surface area contributed by atoms with E-state index in [9.17, 15) is 32.3 Å². The van der Waals surface area contributed by atoms with Gasteiger partial charge < -0.3 is 19.9 Å². The monoisotopic (exact) mass is 502 g/mol. The third kappa shape index (κ3) is 4.72. The van der Waals surface area contributed by atoms with Gasteiger partial charge in [0.2, 0.25) is 0 Å². The third-order valence-corrected chi connectivity index (χ3v) is 5.65. The zero-order valence-electron chi connectivity index (χ0n) is 18.4. The molecule has 3 aromatic rings. The van der Waals surface area contributed by atoms with Gasteiger partial charge in [0.15, 0.2) is 11.6 Å². The number of ether oxygens (including phenoxy) is 2. The molecular weight excluding hydrogens is 484 g/mol. The molecule has 0 aliphatic carbocycles. The van der Waals surface area contributed by atoms with Gasteiger partial charge in [0.25, 0.3) is 5.91 Å². The molecule has 2 aromatic carbocycles. The highest BCUT2D eigenvalue weighted by molar-refractivity contribution is 5.99. The van der Waals surface area contributed by atoms with Gasteiger partial charge >= 0.3 is 12.3 Å². The van der Waals surface area contributed by atoms with Gasteiger partial charge in [-0.3, -0.25) is 9.78 Å². The van der Waals surface area contributed by atoms with Crippen LogP contribution in [0.2, 0.25) is 0 Å². The fraction of sp³-hybridized carbons (Fsp3) is 0.160. The number of amides is 1. The molecule has 0 saturated heterocycles. The number of carboxylic acids is 1. The molecule has 2 heterocycles. The summed E-state index contributed by atoms with van der Waals surface area (Å²) in [5.41, 5.74) is -0.929. The number of pyridine rings is 1. The lowest BCUT2D eigenvalue weighted by Crippen LogP contribution is -2.50. The van der Waals surface area contributed by atoms with Crippen molar-refractivity contribution in [3.63, 3.8) is 0 Å². The molecule has 0 unspecified atom stereocenters. The first kappa shape index (κ1) is 24.7. The van der Waals surface area contributed by atoms with Gasteiger partial charge in [0.1, 0.15) is 17.0 Å². The maximum Gasteiger partial charge on any atom is 0.573 e. The fourth-order valence-electron chi connectivity index (χ4n) is 4.04. The van der Waals surface area contributed by atoms with Crippen LogP contribution in [0, 0.1) is 5.82 Å². The van der Waals surface area contributed by atoms with E-state index in [0.717, 1.165) is 12.1 Å². The number of alkyl halides is 3. The number of halogens is 4. The Morgan fingerprint density at radius 1 is 1.19 bits per heavy atom. The predicted octanol–water partition coefficient (Wildman–Crippen LogP) is 4.92. The molecule has 1 amide bonds. The highest BCUT2D eigenvalue weighted by atomic mass is 19.4. The van der Waals surface area contributed by atoms with Crippen molar-refractivity contribution in [1.29, 1.82) is 0 Å². The van der Waals surface area contributed by atoms with Gasteiger partial charge in [-0.05, 0) is 53.6 Å². The Balaban J connectivity index is 1.81. The van der Waals surface area contributed by atoms with Gasteiger partial charge in [0, 0.05) is 18.2 Å². The van der Waals surface area contributed by atoms with Crippen LogP contribution in [0.25, 0.3) is 6.08 Å². The number of nitrogens with zero attached hydrogens (tertiary/aromatic N) is 1. The van der Waals surface area contributed by atoms with Gasteiger partial charge in [-0.2, -0.15) is 0 Å². The number of rotatable bonds is 6. The van der Waals surface area contributed by atoms with E-state index in [1.165, 1.54) is 36.5 Å². The topological polar surface area (TPSA) is 97.8 Å². The summed E-state index contributed by atoms with van der Waals surface area (Å²) in [6, 6.07) is 9.94. The summed E-state index contributed by atoms with van der Waals surface area (Å²) in [7, 11) is 0. The molecule has 0 saturated carbocycles. The second-order valence-electron chi connectivity index (χ2n) is 7.81. The number of carbonyl (C=O) groups is 2. The zero-order valence-corrected chi connectivity index (χ0v) is 18.4. The van der Waals surface area contributed by atoms with Crippen LogP contribution in [-0.4, -0.2) is 34.9 Å². The van der Waals surface area contributed by atoms with Crippen LogP contribution in [-0.2, 0) is 5.54 Å². The number of benzene rings is 2. The average molecular weight is 502 g/mol. The first-order valence-electron chi connectivity index (χ1n) is 10.5. The van der Waals surface area contributed by atoms with Crippen molar-refractivity contribution in [2.75, 3.05) is 6.61 Å². The molecule has 0 spiro atoms. The van der Waals surface area contributed by atoms with E-state index in [4.69, 9.17) is 4.74 Å². The Morgan fingerprint density at radius 3 is 2.64 bits per heavy atom. The maximum atomic E-state index is 14.7. The predicted molar refractivity (Wildman–Crippen MR) is 119 cm³/mol. The summed E-state index contributed by atoms with van der Waals surface area (Å²) < 4.78 is 62.0. The molecule has 1 aliphatic heterocycles. The maximum absolute atomic E-state index is 14.7. The molecular formula is C25H18F4N2O5. The minimum absolute atomic E-state index is 0.0586. The molecule has 0 fully saturated rings. The fourth-order valence-corrected chi connectivity index (χ4v) is 4.04. The molecule has 1 aromatic heterocycles. The van der Waals surface area contributed by atoms with E-state index < -0.39 is 35.3 Å². The number of aromatic nitrogens is 1. The van der Waals surface area contributed by atoms with Crippen LogP contribution in [0.1, 0.15) is 44.0 Å². The molecule has 1 atom stereocenters. The van der Waals surface area contributed by atoms with Gasteiger partial charge in [-0.1, -0.05) is 18.7 Å². The molecule has 36 heavy (non-hydrogen) atoms. The van der Waals surface area contributed by atoms with Crippen LogP contribution in [0.3, 0.4) is 0 Å². The highest BCUT2D eigenvalue weighted by Gasteiger charge is 2.43. The molecule has 11 heteroatoms. The minimum atomic E-state index is -5.09. The van der Waals surface area contributed by atoms with Gasteiger partial charge in [-0.25, -0.2) is 9.18 Å². The molecule has 2 N–H and O–H groups in total. The normalized spacial score (nSPS) is 16.9. The van der Waals surface area contributed by atoms with Crippen LogP contribution in [0.5, 0.6) is 11.5 Å². The summed E-state index contributed by atoms with van der Waals surface area (Å²) in [6.45, 7) is 3.65. The van der Waals surface area contributed by atoms with Crippen molar-refractivity contribution in [2.45, 2.75) is 18.3 Å². The molecule has 0 radical (unpaired) electrons. The highest BCUT2D eigenvalue weighted by Crippen LogP contribution is 2.42. The molecule has 7 nitrogen and oxygen atoms in total. The van der Waals surface area contributed by atoms with Crippen LogP contribution < -0.4 is 14.8 Å². The first-order valence-corrected chi connectivity index (χ1v) is 10.5. The zero-order chi connectivity index (χ0) is 26.1. The number of hydrogen-bond donors (Lipinski definition) is 2. The second kappa shape index (κ2) is 9.33. The standard InChI is InChI=1S/C25H18F4N2O5/c1-2-14-12-15(5-7-17(14)23(33)34)22(32)31-24(9-11-35-20-4-3-10-30-21(20)24)16-6-8-19(18(26)13-16)36-25(27,28)29/h2-8,10,12-13H,1,9,11H2,(H,31,32)(H,33,34)/t24-/m0/s1. The van der Waals surface area contributed by atoms with Crippen LogP contribution >= 0.6 is 0 Å². The Hall–Kier alpha value is -4.41. The Bertz CT molecular complexity index is 1360. The lowest BCUT2D eigenvalue weighted by molar-refractivity contribution is -0.275. The van der Waals surface area contributed by atoms with E-state index in [-0.39, 0.29) is 41.0 Å².